The van der Waals surface area contributed by atoms with Crippen molar-refractivity contribution in [2.75, 3.05) is 5.01 Å². The van der Waals surface area contributed by atoms with Crippen LogP contribution in [0.3, 0.4) is 0 Å². The van der Waals surface area contributed by atoms with Crippen LogP contribution in [0, 0.1) is 10.1 Å². The number of para-hydroxylation sites is 2. The van der Waals surface area contributed by atoms with Crippen LogP contribution in [0.2, 0.25) is 0 Å². The second-order valence-corrected chi connectivity index (χ2v) is 6.22. The Balaban J connectivity index is 2.05. The first kappa shape index (κ1) is 17.5. The van der Waals surface area contributed by atoms with Crippen molar-refractivity contribution in [1.29, 1.82) is 0 Å². The molecule has 1 N–H and O–H groups in total. The number of hydrazine groups is 1. The highest BCUT2D eigenvalue weighted by Crippen LogP contribution is 2.35. The Kier molecular flexibility index (Phi) is 4.90. The molecule has 8 nitrogen and oxygen atoms in total. The molecular formula is C17H13N4O4S-. The fourth-order valence-electron chi connectivity index (χ4n) is 2.24. The van der Waals surface area contributed by atoms with Gasteiger partial charge in [0.15, 0.2) is 5.17 Å². The van der Waals surface area contributed by atoms with E-state index in [9.17, 15) is 20.0 Å². The molecule has 0 unspecified atom stereocenters. The standard InChI is InChI=1S/C17H14N4O4S/c1-11(22)16-19-20(13-9-5-6-10-14(13)21(24)25)17(26-16)18-15(23)12-7-3-2-4-8-12/h2-10,19,22H,1H3/p-1. The number of allylic oxidation sites excluding steroid dienone is 1. The van der Waals surface area contributed by atoms with Crippen LogP contribution in [-0.2, 0) is 0 Å². The highest BCUT2D eigenvalue weighted by atomic mass is 32.2. The van der Waals surface area contributed by atoms with E-state index < -0.39 is 10.8 Å². The van der Waals surface area contributed by atoms with Crippen LogP contribution in [0.15, 0.2) is 70.4 Å². The van der Waals surface area contributed by atoms with Gasteiger partial charge in [0.25, 0.3) is 11.6 Å². The predicted molar refractivity (Wildman–Crippen MR) is 97.2 cm³/mol. The van der Waals surface area contributed by atoms with Crippen LogP contribution in [0.4, 0.5) is 11.4 Å². The number of benzene rings is 2. The topological polar surface area (TPSA) is 111 Å². The number of carbonyl (C=O) groups excluding carboxylic acids is 1. The highest BCUT2D eigenvalue weighted by Gasteiger charge is 2.30. The monoisotopic (exact) mass is 369 g/mol. The van der Waals surface area contributed by atoms with E-state index in [1.54, 1.807) is 36.4 Å². The van der Waals surface area contributed by atoms with E-state index in [0.717, 1.165) is 11.8 Å². The van der Waals surface area contributed by atoms with Crippen LogP contribution in [0.25, 0.3) is 0 Å². The number of nitrogens with one attached hydrogen (secondary N) is 1. The number of anilines is 1. The number of carbonyl (C=O) groups is 1. The highest BCUT2D eigenvalue weighted by molar-refractivity contribution is 8.17. The molecule has 1 amide bonds. The van der Waals surface area contributed by atoms with Crippen molar-refractivity contribution >= 4 is 34.2 Å². The fraction of sp³-hybridized carbons (Fsp3) is 0.0588. The number of nitro groups is 1. The Morgan fingerprint density at radius 1 is 1.15 bits per heavy atom. The zero-order valence-electron chi connectivity index (χ0n) is 13.6. The first-order chi connectivity index (χ1) is 12.5. The molecule has 1 saturated heterocycles. The van der Waals surface area contributed by atoms with Crippen LogP contribution in [0.5, 0.6) is 0 Å². The number of hydrogen-bond acceptors (Lipinski definition) is 6. The maximum Gasteiger partial charge on any atom is 0.294 e. The SMILES string of the molecule is CC([O-])=C1NN(c2ccccc2[N+](=O)[O-])C(=NC(=O)c2ccccc2)S1. The molecule has 2 aromatic rings. The Labute approximate surface area is 153 Å². The molecule has 1 heterocycles. The smallest absolute Gasteiger partial charge is 0.294 e. The minimum absolute atomic E-state index is 0.137. The summed E-state index contributed by atoms with van der Waals surface area (Å²) >= 11 is 0.954. The van der Waals surface area contributed by atoms with Gasteiger partial charge in [-0.05, 0) is 30.0 Å². The van der Waals surface area contributed by atoms with Crippen LogP contribution in [-0.4, -0.2) is 16.0 Å². The fourth-order valence-corrected chi connectivity index (χ4v) is 3.06. The van der Waals surface area contributed by atoms with E-state index in [1.165, 1.54) is 30.1 Å². The van der Waals surface area contributed by atoms with Gasteiger partial charge in [0, 0.05) is 11.6 Å². The van der Waals surface area contributed by atoms with Crippen molar-refractivity contribution in [2.45, 2.75) is 6.92 Å². The van der Waals surface area contributed by atoms with Gasteiger partial charge in [-0.3, -0.25) is 20.3 Å². The number of hydrogen-bond donors (Lipinski definition) is 1. The van der Waals surface area contributed by atoms with Crippen molar-refractivity contribution in [2.24, 2.45) is 4.99 Å². The lowest BCUT2D eigenvalue weighted by Crippen LogP contribution is -2.35. The first-order valence-corrected chi connectivity index (χ1v) is 8.33. The van der Waals surface area contributed by atoms with Crippen molar-refractivity contribution in [3.05, 3.63) is 81.1 Å². The summed E-state index contributed by atoms with van der Waals surface area (Å²) < 4.78 is 0. The van der Waals surface area contributed by atoms with E-state index in [4.69, 9.17) is 0 Å². The van der Waals surface area contributed by atoms with Crippen LogP contribution in [0.1, 0.15) is 17.3 Å². The molecule has 0 spiro atoms. The van der Waals surface area contributed by atoms with Gasteiger partial charge in [-0.2, -0.15) is 4.99 Å². The average molecular weight is 369 g/mol. The van der Waals surface area contributed by atoms with E-state index in [2.05, 4.69) is 10.4 Å². The molecule has 0 bridgehead atoms. The van der Waals surface area contributed by atoms with E-state index in [0.29, 0.717) is 5.56 Å². The number of nitro benzene ring substituents is 1. The minimum Gasteiger partial charge on any atom is -0.874 e. The minimum atomic E-state index is -0.538. The molecule has 1 fully saturated rings. The van der Waals surface area contributed by atoms with E-state index in [1.807, 2.05) is 0 Å². The molecule has 2 aromatic carbocycles. The third kappa shape index (κ3) is 3.52. The normalized spacial score (nSPS) is 17.1. The summed E-state index contributed by atoms with van der Waals surface area (Å²) in [4.78, 5) is 27.2. The molecular weight excluding hydrogens is 356 g/mol. The van der Waals surface area contributed by atoms with Crippen molar-refractivity contribution in [3.63, 3.8) is 0 Å². The van der Waals surface area contributed by atoms with Gasteiger partial charge < -0.3 is 5.11 Å². The second kappa shape index (κ2) is 7.28. The molecule has 3 rings (SSSR count). The second-order valence-electron chi connectivity index (χ2n) is 5.25. The van der Waals surface area contributed by atoms with Crippen molar-refractivity contribution < 1.29 is 14.8 Å². The lowest BCUT2D eigenvalue weighted by Gasteiger charge is -2.18. The zero-order chi connectivity index (χ0) is 18.7. The molecule has 0 saturated carbocycles. The first-order valence-electron chi connectivity index (χ1n) is 7.51. The number of thioether (sulfide) groups is 1. The van der Waals surface area contributed by atoms with Gasteiger partial charge in [0.2, 0.25) is 0 Å². The maximum atomic E-state index is 12.4. The Bertz CT molecular complexity index is 923. The molecule has 0 atom stereocenters. The Hall–Kier alpha value is -3.33. The molecule has 1 aliphatic heterocycles. The summed E-state index contributed by atoms with van der Waals surface area (Å²) in [5.74, 6) is -0.778. The van der Waals surface area contributed by atoms with Gasteiger partial charge in [-0.1, -0.05) is 37.3 Å². The third-order valence-corrected chi connectivity index (χ3v) is 4.49. The van der Waals surface area contributed by atoms with Gasteiger partial charge in [-0.15, -0.1) is 5.76 Å². The number of amides is 1. The Morgan fingerprint density at radius 3 is 2.46 bits per heavy atom. The number of aliphatic imine (C=N–C) groups is 1. The molecule has 0 aliphatic carbocycles. The molecule has 132 valence electrons. The number of rotatable bonds is 3. The third-order valence-electron chi connectivity index (χ3n) is 3.46. The predicted octanol–water partition coefficient (Wildman–Crippen LogP) is 2.40. The van der Waals surface area contributed by atoms with Crippen LogP contribution >= 0.6 is 11.8 Å². The number of nitrogens with zero attached hydrogens (tertiary/aromatic N) is 3. The zero-order valence-corrected chi connectivity index (χ0v) is 14.4. The largest absolute Gasteiger partial charge is 0.874 e. The quantitative estimate of drug-likeness (QED) is 0.502. The summed E-state index contributed by atoms with van der Waals surface area (Å²) in [5.41, 5.74) is 3.16. The molecule has 26 heavy (non-hydrogen) atoms. The van der Waals surface area contributed by atoms with E-state index >= 15 is 0 Å². The summed E-state index contributed by atoms with van der Waals surface area (Å²) in [7, 11) is 0. The summed E-state index contributed by atoms with van der Waals surface area (Å²) in [6.45, 7) is 1.36. The summed E-state index contributed by atoms with van der Waals surface area (Å²) in [5, 5.41) is 24.7. The summed E-state index contributed by atoms with van der Waals surface area (Å²) in [6.07, 6.45) is 0. The number of amidine groups is 1. The molecule has 0 aromatic heterocycles. The average Bonchev–Trinajstić information content (AvgIpc) is 3.06. The van der Waals surface area contributed by atoms with Gasteiger partial charge in [-0.25, -0.2) is 5.01 Å². The van der Waals surface area contributed by atoms with Crippen molar-refractivity contribution in [1.82, 2.24) is 5.43 Å². The van der Waals surface area contributed by atoms with Gasteiger partial charge in [0.1, 0.15) is 5.69 Å². The van der Waals surface area contributed by atoms with Gasteiger partial charge >= 0.3 is 0 Å². The molecule has 0 radical (unpaired) electrons. The van der Waals surface area contributed by atoms with Gasteiger partial charge in [0.05, 0.1) is 9.95 Å². The lowest BCUT2D eigenvalue weighted by molar-refractivity contribution is -0.384. The lowest BCUT2D eigenvalue weighted by atomic mass is 10.2. The van der Waals surface area contributed by atoms with Crippen LogP contribution < -0.4 is 15.5 Å². The molecule has 9 heteroatoms. The van der Waals surface area contributed by atoms with E-state index in [-0.39, 0.29) is 27.3 Å². The van der Waals surface area contributed by atoms with Crippen molar-refractivity contribution in [3.8, 4) is 0 Å². The molecule has 1 aliphatic rings. The maximum absolute atomic E-state index is 12.4. The summed E-state index contributed by atoms with van der Waals surface area (Å²) in [6, 6.07) is 14.4. The Morgan fingerprint density at radius 2 is 1.81 bits per heavy atom.